The molecular weight excluding hydrogens is 329 g/mol. The molecule has 0 saturated carbocycles. The van der Waals surface area contributed by atoms with Gasteiger partial charge < -0.3 is 18.6 Å². The lowest BCUT2D eigenvalue weighted by Gasteiger charge is -2.16. The number of aromatic nitrogens is 2. The molecule has 1 saturated heterocycles. The van der Waals surface area contributed by atoms with Gasteiger partial charge in [0.15, 0.2) is 23.2 Å². The second-order valence-electron chi connectivity index (χ2n) is 5.66. The van der Waals surface area contributed by atoms with E-state index in [0.29, 0.717) is 23.8 Å². The van der Waals surface area contributed by atoms with Gasteiger partial charge in [-0.2, -0.15) is 4.98 Å². The second-order valence-corrected chi connectivity index (χ2v) is 5.66. The number of furan rings is 1. The van der Waals surface area contributed by atoms with Crippen LogP contribution >= 0.6 is 0 Å². The highest BCUT2D eigenvalue weighted by atomic mass is 19.1. The molecule has 0 spiro atoms. The van der Waals surface area contributed by atoms with Gasteiger partial charge in [0.25, 0.3) is 5.89 Å². The van der Waals surface area contributed by atoms with Crippen LogP contribution < -0.4 is 9.64 Å². The van der Waals surface area contributed by atoms with Crippen LogP contribution in [0.15, 0.2) is 45.5 Å². The van der Waals surface area contributed by atoms with Gasteiger partial charge in [-0.3, -0.25) is 4.79 Å². The number of nitrogens with zero attached hydrogens (tertiary/aromatic N) is 3. The molecule has 2 aromatic heterocycles. The summed E-state index contributed by atoms with van der Waals surface area (Å²) in [4.78, 5) is 18.1. The number of carbonyl (C=O) groups is 1. The largest absolute Gasteiger partial charge is 0.494 e. The van der Waals surface area contributed by atoms with Gasteiger partial charge >= 0.3 is 0 Å². The molecule has 1 fully saturated rings. The minimum Gasteiger partial charge on any atom is -0.494 e. The average molecular weight is 343 g/mol. The third-order valence-electron chi connectivity index (χ3n) is 4.11. The molecule has 4 rings (SSSR count). The monoisotopic (exact) mass is 343 g/mol. The van der Waals surface area contributed by atoms with Gasteiger partial charge in [-0.15, -0.1) is 0 Å². The summed E-state index contributed by atoms with van der Waals surface area (Å²) in [6, 6.07) is 7.85. The Morgan fingerprint density at radius 2 is 2.24 bits per heavy atom. The molecule has 3 heterocycles. The fourth-order valence-corrected chi connectivity index (χ4v) is 2.85. The van der Waals surface area contributed by atoms with E-state index in [1.54, 1.807) is 18.2 Å². The van der Waals surface area contributed by atoms with E-state index in [4.69, 9.17) is 13.7 Å². The van der Waals surface area contributed by atoms with E-state index < -0.39 is 5.82 Å². The quantitative estimate of drug-likeness (QED) is 0.724. The maximum absolute atomic E-state index is 13.9. The van der Waals surface area contributed by atoms with E-state index in [-0.39, 0.29) is 29.9 Å². The minimum absolute atomic E-state index is 0.126. The number of methoxy groups -OCH3 is 1. The summed E-state index contributed by atoms with van der Waals surface area (Å²) in [5.41, 5.74) is 0.473. The van der Waals surface area contributed by atoms with Gasteiger partial charge in [-0.05, 0) is 24.3 Å². The molecule has 3 aromatic rings. The number of benzene rings is 1. The first-order valence-electron chi connectivity index (χ1n) is 7.67. The zero-order valence-corrected chi connectivity index (χ0v) is 13.3. The fourth-order valence-electron chi connectivity index (χ4n) is 2.85. The number of carbonyl (C=O) groups excluding carboxylic acids is 1. The lowest BCUT2D eigenvalue weighted by atomic mass is 10.1. The highest BCUT2D eigenvalue weighted by Gasteiger charge is 2.35. The molecule has 1 amide bonds. The van der Waals surface area contributed by atoms with Crippen LogP contribution in [0.25, 0.3) is 11.7 Å². The standard InChI is InChI=1S/C17H14FN3O4/c1-23-13-5-4-11(8-12(13)18)21-9-10(7-15(21)22)16-19-17(25-20-16)14-3-2-6-24-14/h2-6,8,10H,7,9H2,1H3. The van der Waals surface area contributed by atoms with Crippen LogP contribution in [0.4, 0.5) is 10.1 Å². The van der Waals surface area contributed by atoms with Crippen LogP contribution in [-0.4, -0.2) is 29.7 Å². The molecule has 1 unspecified atom stereocenters. The van der Waals surface area contributed by atoms with Gasteiger partial charge in [0, 0.05) is 30.6 Å². The molecule has 25 heavy (non-hydrogen) atoms. The Kier molecular flexibility index (Phi) is 3.72. The van der Waals surface area contributed by atoms with Gasteiger partial charge in [-0.1, -0.05) is 5.16 Å². The van der Waals surface area contributed by atoms with Gasteiger partial charge in [0.1, 0.15) is 0 Å². The normalized spacial score (nSPS) is 17.3. The number of hydrogen-bond acceptors (Lipinski definition) is 6. The summed E-state index contributed by atoms with van der Waals surface area (Å²) < 4.78 is 29.2. The lowest BCUT2D eigenvalue weighted by molar-refractivity contribution is -0.117. The Morgan fingerprint density at radius 3 is 2.96 bits per heavy atom. The molecule has 8 heteroatoms. The Bertz CT molecular complexity index is 907. The highest BCUT2D eigenvalue weighted by molar-refractivity contribution is 5.96. The first-order valence-corrected chi connectivity index (χ1v) is 7.67. The van der Waals surface area contributed by atoms with Crippen molar-refractivity contribution in [2.75, 3.05) is 18.6 Å². The Labute approximate surface area is 142 Å². The predicted molar refractivity (Wildman–Crippen MR) is 84.7 cm³/mol. The van der Waals surface area contributed by atoms with Crippen molar-refractivity contribution in [2.45, 2.75) is 12.3 Å². The van der Waals surface area contributed by atoms with E-state index in [1.165, 1.54) is 30.4 Å². The van der Waals surface area contributed by atoms with E-state index in [1.807, 2.05) is 0 Å². The summed E-state index contributed by atoms with van der Waals surface area (Å²) in [5.74, 6) is 0.419. The predicted octanol–water partition coefficient (Wildman–Crippen LogP) is 3.00. The molecule has 1 aliphatic rings. The number of halogens is 1. The lowest BCUT2D eigenvalue weighted by Crippen LogP contribution is -2.24. The molecule has 0 bridgehead atoms. The van der Waals surface area contributed by atoms with Crippen molar-refractivity contribution in [3.8, 4) is 17.4 Å². The van der Waals surface area contributed by atoms with Gasteiger partial charge in [-0.25, -0.2) is 4.39 Å². The average Bonchev–Trinajstić information content (AvgIpc) is 3.34. The Morgan fingerprint density at radius 1 is 1.36 bits per heavy atom. The van der Waals surface area contributed by atoms with E-state index >= 15 is 0 Å². The highest BCUT2D eigenvalue weighted by Crippen LogP contribution is 2.33. The van der Waals surface area contributed by atoms with Crippen LogP contribution in [-0.2, 0) is 4.79 Å². The third kappa shape index (κ3) is 2.75. The number of anilines is 1. The summed E-state index contributed by atoms with van der Waals surface area (Å²) in [7, 11) is 1.39. The second kappa shape index (κ2) is 6.04. The number of ether oxygens (including phenoxy) is 1. The van der Waals surface area contributed by atoms with Crippen molar-refractivity contribution in [3.63, 3.8) is 0 Å². The molecule has 1 aromatic carbocycles. The summed E-state index contributed by atoms with van der Waals surface area (Å²) in [6.45, 7) is 0.349. The SMILES string of the molecule is COc1ccc(N2CC(c3noc(-c4ccco4)n3)CC2=O)cc1F. The zero-order chi connectivity index (χ0) is 17.4. The zero-order valence-electron chi connectivity index (χ0n) is 13.3. The van der Waals surface area contributed by atoms with Crippen LogP contribution in [0.5, 0.6) is 5.75 Å². The molecule has 1 aliphatic heterocycles. The minimum atomic E-state index is -0.518. The number of hydrogen-bond donors (Lipinski definition) is 0. The summed E-state index contributed by atoms with van der Waals surface area (Å²) >= 11 is 0. The fraction of sp³-hybridized carbons (Fsp3) is 0.235. The van der Waals surface area contributed by atoms with Crippen molar-refractivity contribution in [1.82, 2.24) is 10.1 Å². The molecule has 7 nitrogen and oxygen atoms in total. The molecular formula is C17H14FN3O4. The van der Waals surface area contributed by atoms with Crippen molar-refractivity contribution < 1.29 is 22.9 Å². The Hall–Kier alpha value is -3.16. The van der Waals surface area contributed by atoms with Crippen molar-refractivity contribution in [3.05, 3.63) is 48.2 Å². The van der Waals surface area contributed by atoms with Crippen LogP contribution in [0.1, 0.15) is 18.2 Å². The Balaban J connectivity index is 1.55. The van der Waals surface area contributed by atoms with Crippen LogP contribution in [0.3, 0.4) is 0 Å². The third-order valence-corrected chi connectivity index (χ3v) is 4.11. The molecule has 0 aliphatic carbocycles. The van der Waals surface area contributed by atoms with Gasteiger partial charge in [0.2, 0.25) is 5.91 Å². The topological polar surface area (TPSA) is 81.6 Å². The first-order chi connectivity index (χ1) is 12.2. The summed E-state index contributed by atoms with van der Waals surface area (Å²) in [5, 5.41) is 3.94. The molecule has 0 N–H and O–H groups in total. The maximum atomic E-state index is 13.9. The number of rotatable bonds is 4. The molecule has 128 valence electrons. The molecule has 1 atom stereocenters. The smallest absolute Gasteiger partial charge is 0.293 e. The molecule has 0 radical (unpaired) electrons. The van der Waals surface area contributed by atoms with E-state index in [0.717, 1.165) is 0 Å². The van der Waals surface area contributed by atoms with E-state index in [9.17, 15) is 9.18 Å². The van der Waals surface area contributed by atoms with Crippen molar-refractivity contribution >= 4 is 11.6 Å². The first kappa shape index (κ1) is 15.4. The van der Waals surface area contributed by atoms with Crippen molar-refractivity contribution in [1.29, 1.82) is 0 Å². The maximum Gasteiger partial charge on any atom is 0.293 e. The van der Waals surface area contributed by atoms with Crippen molar-refractivity contribution in [2.24, 2.45) is 0 Å². The van der Waals surface area contributed by atoms with Gasteiger partial charge in [0.05, 0.1) is 13.4 Å². The van der Waals surface area contributed by atoms with Crippen LogP contribution in [0.2, 0.25) is 0 Å². The van der Waals surface area contributed by atoms with Crippen LogP contribution in [0, 0.1) is 5.82 Å². The van der Waals surface area contributed by atoms with E-state index in [2.05, 4.69) is 10.1 Å². The summed E-state index contributed by atoms with van der Waals surface area (Å²) in [6.07, 6.45) is 1.74. The number of amides is 1.